The van der Waals surface area contributed by atoms with Crippen LogP contribution in [0.2, 0.25) is 0 Å². The average molecular weight is 380 g/mol. The molecule has 114 valence electrons. The second-order valence-electron chi connectivity index (χ2n) is 4.72. The molecule has 0 fully saturated rings. The molecule has 2 aromatic rings. The van der Waals surface area contributed by atoms with Gasteiger partial charge < -0.3 is 14.8 Å². The van der Waals surface area contributed by atoms with E-state index in [-0.39, 0.29) is 12.0 Å². The third-order valence-corrected chi connectivity index (χ3v) is 4.65. The maximum Gasteiger partial charge on any atom is 0.244 e. The molecular formula is C16H14BrNO3S. The maximum absolute atomic E-state index is 11.8. The van der Waals surface area contributed by atoms with Crippen molar-refractivity contribution in [3.8, 4) is 11.5 Å². The smallest absolute Gasteiger partial charge is 0.244 e. The van der Waals surface area contributed by atoms with Gasteiger partial charge in [0.25, 0.3) is 0 Å². The van der Waals surface area contributed by atoms with Gasteiger partial charge in [-0.15, -0.1) is 11.3 Å². The van der Waals surface area contributed by atoms with Gasteiger partial charge in [-0.05, 0) is 46.3 Å². The van der Waals surface area contributed by atoms with Crippen LogP contribution in [0.15, 0.2) is 46.3 Å². The number of halogens is 1. The van der Waals surface area contributed by atoms with E-state index in [4.69, 9.17) is 9.47 Å². The van der Waals surface area contributed by atoms with Gasteiger partial charge in [-0.2, -0.15) is 0 Å². The number of carbonyl (C=O) groups is 1. The number of hydrogen-bond donors (Lipinski definition) is 1. The summed E-state index contributed by atoms with van der Waals surface area (Å²) < 4.78 is 12.4. The molecule has 0 radical (unpaired) electrons. The average Bonchev–Trinajstić information content (AvgIpc) is 2.96. The van der Waals surface area contributed by atoms with E-state index < -0.39 is 0 Å². The normalized spacial score (nSPS) is 16.7. The van der Waals surface area contributed by atoms with E-state index in [2.05, 4.69) is 21.2 Å². The highest BCUT2D eigenvalue weighted by molar-refractivity contribution is 9.11. The fraction of sp³-hybridized carbons (Fsp3) is 0.188. The minimum atomic E-state index is -0.178. The zero-order valence-electron chi connectivity index (χ0n) is 11.6. The van der Waals surface area contributed by atoms with Crippen molar-refractivity contribution in [2.75, 3.05) is 13.2 Å². The standard InChI is InChI=1S/C16H14BrNO3S/c17-15-7-5-12(22-15)6-8-16(19)18-9-11-10-20-13-3-1-2-4-14(13)21-11/h1-8,11H,9-10H2,(H,18,19)/b8-6+/t11-/m0/s1. The maximum atomic E-state index is 11.8. The van der Waals surface area contributed by atoms with E-state index in [1.165, 1.54) is 6.08 Å². The Morgan fingerprint density at radius 2 is 2.14 bits per heavy atom. The number of carbonyl (C=O) groups excluding carboxylic acids is 1. The minimum absolute atomic E-state index is 0.146. The molecule has 2 heterocycles. The van der Waals surface area contributed by atoms with Crippen LogP contribution >= 0.6 is 27.3 Å². The molecule has 1 N–H and O–H groups in total. The molecule has 1 atom stereocenters. The first-order chi connectivity index (χ1) is 10.7. The molecule has 1 aromatic carbocycles. The molecule has 1 aliphatic heterocycles. The van der Waals surface area contributed by atoms with Crippen LogP contribution in [0.5, 0.6) is 11.5 Å². The molecule has 1 aliphatic rings. The molecule has 4 nitrogen and oxygen atoms in total. The molecular weight excluding hydrogens is 366 g/mol. The first-order valence-corrected chi connectivity index (χ1v) is 8.41. The number of fused-ring (bicyclic) bond motifs is 1. The number of ether oxygens (including phenoxy) is 2. The van der Waals surface area contributed by atoms with Crippen molar-refractivity contribution in [2.45, 2.75) is 6.10 Å². The summed E-state index contributed by atoms with van der Waals surface area (Å²) in [5.41, 5.74) is 0. The molecule has 0 saturated heterocycles. The second kappa shape index (κ2) is 6.98. The molecule has 0 aliphatic carbocycles. The number of thiophene rings is 1. The minimum Gasteiger partial charge on any atom is -0.486 e. The summed E-state index contributed by atoms with van der Waals surface area (Å²) in [4.78, 5) is 12.8. The van der Waals surface area contributed by atoms with Gasteiger partial charge in [0.05, 0.1) is 10.3 Å². The van der Waals surface area contributed by atoms with E-state index in [1.54, 1.807) is 17.4 Å². The van der Waals surface area contributed by atoms with E-state index in [0.717, 1.165) is 14.4 Å². The van der Waals surface area contributed by atoms with Crippen molar-refractivity contribution in [3.05, 3.63) is 51.1 Å². The van der Waals surface area contributed by atoms with E-state index >= 15 is 0 Å². The first-order valence-electron chi connectivity index (χ1n) is 6.80. The van der Waals surface area contributed by atoms with Crippen molar-refractivity contribution >= 4 is 39.2 Å². The number of hydrogen-bond acceptors (Lipinski definition) is 4. The highest BCUT2D eigenvalue weighted by Crippen LogP contribution is 2.30. The third-order valence-electron chi connectivity index (χ3n) is 3.06. The predicted molar refractivity (Wildman–Crippen MR) is 90.4 cm³/mol. The summed E-state index contributed by atoms with van der Waals surface area (Å²) >= 11 is 4.96. The zero-order chi connectivity index (χ0) is 15.4. The molecule has 0 unspecified atom stereocenters. The van der Waals surface area contributed by atoms with Gasteiger partial charge in [0, 0.05) is 11.0 Å². The Hall–Kier alpha value is -1.79. The summed E-state index contributed by atoms with van der Waals surface area (Å²) in [6, 6.07) is 11.4. The Kier molecular flexibility index (Phi) is 4.80. The molecule has 6 heteroatoms. The topological polar surface area (TPSA) is 47.6 Å². The highest BCUT2D eigenvalue weighted by atomic mass is 79.9. The first kappa shape index (κ1) is 15.1. The number of rotatable bonds is 4. The quantitative estimate of drug-likeness (QED) is 0.827. The summed E-state index contributed by atoms with van der Waals surface area (Å²) in [7, 11) is 0. The van der Waals surface area contributed by atoms with Crippen LogP contribution < -0.4 is 14.8 Å². The lowest BCUT2D eigenvalue weighted by molar-refractivity contribution is -0.116. The number of benzene rings is 1. The third kappa shape index (κ3) is 3.90. The predicted octanol–water partition coefficient (Wildman–Crippen LogP) is 3.48. The second-order valence-corrected chi connectivity index (χ2v) is 7.21. The van der Waals surface area contributed by atoms with Gasteiger partial charge >= 0.3 is 0 Å². The lowest BCUT2D eigenvalue weighted by Gasteiger charge is -2.26. The van der Waals surface area contributed by atoms with Gasteiger partial charge in [-0.3, -0.25) is 4.79 Å². The van der Waals surface area contributed by atoms with E-state index in [1.807, 2.05) is 36.4 Å². The van der Waals surface area contributed by atoms with Gasteiger partial charge in [-0.1, -0.05) is 12.1 Å². The summed E-state index contributed by atoms with van der Waals surface area (Å²) in [6.07, 6.45) is 3.14. The van der Waals surface area contributed by atoms with Crippen molar-refractivity contribution in [1.29, 1.82) is 0 Å². The van der Waals surface area contributed by atoms with Crippen LogP contribution in [0, 0.1) is 0 Å². The van der Waals surface area contributed by atoms with Gasteiger partial charge in [0.15, 0.2) is 11.5 Å². The lowest BCUT2D eigenvalue weighted by Crippen LogP contribution is -2.40. The Bertz CT molecular complexity index is 698. The Balaban J connectivity index is 1.49. The van der Waals surface area contributed by atoms with Gasteiger partial charge in [-0.25, -0.2) is 0 Å². The zero-order valence-corrected chi connectivity index (χ0v) is 14.0. The fourth-order valence-electron chi connectivity index (χ4n) is 2.01. The SMILES string of the molecule is O=C(/C=C/c1ccc(Br)s1)NC[C@H]1COc2ccccc2O1. The number of nitrogens with one attached hydrogen (secondary N) is 1. The highest BCUT2D eigenvalue weighted by Gasteiger charge is 2.20. The molecule has 1 aromatic heterocycles. The Morgan fingerprint density at radius 1 is 1.32 bits per heavy atom. The monoisotopic (exact) mass is 379 g/mol. The van der Waals surface area contributed by atoms with Crippen LogP contribution in [-0.4, -0.2) is 25.2 Å². The van der Waals surface area contributed by atoms with Crippen LogP contribution in [-0.2, 0) is 4.79 Å². The summed E-state index contributed by atoms with van der Waals surface area (Å²) in [5, 5.41) is 2.82. The number of amides is 1. The van der Waals surface area contributed by atoms with Crippen LogP contribution in [0.3, 0.4) is 0 Å². The van der Waals surface area contributed by atoms with E-state index in [0.29, 0.717) is 18.9 Å². The van der Waals surface area contributed by atoms with Gasteiger partial charge in [0.1, 0.15) is 12.7 Å². The van der Waals surface area contributed by atoms with Gasteiger partial charge in [0.2, 0.25) is 5.91 Å². The summed E-state index contributed by atoms with van der Waals surface area (Å²) in [5.74, 6) is 1.31. The van der Waals surface area contributed by atoms with Crippen molar-refractivity contribution < 1.29 is 14.3 Å². The molecule has 0 spiro atoms. The Morgan fingerprint density at radius 3 is 2.91 bits per heavy atom. The van der Waals surface area contributed by atoms with Crippen LogP contribution in [0.4, 0.5) is 0 Å². The fourth-order valence-corrected chi connectivity index (χ4v) is 3.34. The molecule has 0 saturated carbocycles. The number of para-hydroxylation sites is 2. The molecule has 1 amide bonds. The molecule has 3 rings (SSSR count). The van der Waals surface area contributed by atoms with E-state index in [9.17, 15) is 4.79 Å². The van der Waals surface area contributed by atoms with Crippen LogP contribution in [0.1, 0.15) is 4.88 Å². The van der Waals surface area contributed by atoms with Crippen molar-refractivity contribution in [1.82, 2.24) is 5.32 Å². The molecule has 22 heavy (non-hydrogen) atoms. The Labute approximate surface area is 140 Å². The van der Waals surface area contributed by atoms with Crippen LogP contribution in [0.25, 0.3) is 6.08 Å². The molecule has 0 bridgehead atoms. The van der Waals surface area contributed by atoms with Crippen molar-refractivity contribution in [3.63, 3.8) is 0 Å². The summed E-state index contributed by atoms with van der Waals surface area (Å²) in [6.45, 7) is 0.838. The largest absolute Gasteiger partial charge is 0.486 e. The van der Waals surface area contributed by atoms with Crippen molar-refractivity contribution in [2.24, 2.45) is 0 Å². The lowest BCUT2D eigenvalue weighted by atomic mass is 10.2.